The van der Waals surface area contributed by atoms with Crippen molar-refractivity contribution in [3.8, 4) is 0 Å². The third-order valence-corrected chi connectivity index (χ3v) is 19.5. The molecule has 6 aliphatic rings. The molecule has 6 radical (unpaired) electrons. The number of aryl methyl sites for hydroxylation is 6. The molecule has 6 N–H and O–H groups in total. The highest BCUT2D eigenvalue weighted by Crippen LogP contribution is 2.56. The van der Waals surface area contributed by atoms with Crippen LogP contribution in [0.1, 0.15) is 162 Å². The standard InChI is InChI=1S/C35H36N4O4.C35H34N4O4.2CH4.2B.2H2/c1-9-21-20(6)27-14-30-23-11-10-22(33(40)41)32(34(42)43-8)35(23,7)31(39-30)15-28-19(5)18(4)25(37-28)12-24-16(2)17(3)26(36-24)13-29(21)38-27;1-9-21-20(6)28-13-26-17(3)16(2)24(36-26)12-25-18(4)19(5)27(37-25)14-30-23-11-10-22(33(40)41)32(34(42)43-8)35(23,7)31(39-30)15-29(21)38-28;;;;;;/h9-10,12-15,23,32,37-38H,1,11H2,2-8H3,(H,40,41);9-15,32,37-38H,1H2,2-8H3,(H,40,41);2*1H4;;;2*1H/i;;;;;;2*1+1. The maximum atomic E-state index is 13.4. The number of H-pyrrole nitrogens is 4. The summed E-state index contributed by atoms with van der Waals surface area (Å²) < 4.78 is 10.4. The number of carboxylic acid groups (broad SMARTS) is 2. The summed E-state index contributed by atoms with van der Waals surface area (Å²) in [5.74, 6) is -5.93. The molecule has 10 heterocycles. The van der Waals surface area contributed by atoms with E-state index in [-0.39, 0.29) is 51.6 Å². The lowest BCUT2D eigenvalue weighted by Crippen LogP contribution is -2.45. The van der Waals surface area contributed by atoms with Crippen LogP contribution in [-0.4, -0.2) is 105 Å². The zero-order valence-electron chi connectivity index (χ0n) is 52.1. The third-order valence-electron chi connectivity index (χ3n) is 19.5. The van der Waals surface area contributed by atoms with Gasteiger partial charge in [-0.3, -0.25) is 19.6 Å². The van der Waals surface area contributed by atoms with Crippen LogP contribution < -0.4 is 0 Å². The average molecular weight is 1210 g/mol. The molecular weight excluding hydrogens is 1130 g/mol. The van der Waals surface area contributed by atoms with Crippen molar-refractivity contribution >= 4 is 125 Å². The van der Waals surface area contributed by atoms with Gasteiger partial charge in [0, 0.05) is 97.5 Å². The van der Waals surface area contributed by atoms with Crippen molar-refractivity contribution in [1.29, 1.82) is 0 Å². The molecule has 464 valence electrons. The predicted octanol–water partition coefficient (Wildman–Crippen LogP) is 15.1. The Morgan fingerprint density at radius 2 is 0.889 bits per heavy atom. The Balaban J connectivity index is 0.000000313. The fourth-order valence-corrected chi connectivity index (χ4v) is 13.5. The second-order valence-electron chi connectivity index (χ2n) is 23.7. The lowest BCUT2D eigenvalue weighted by molar-refractivity contribution is -0.149. The van der Waals surface area contributed by atoms with Gasteiger partial charge >= 0.3 is 23.9 Å². The minimum Gasteiger partial charge on any atom is -0.478 e. The molecule has 18 heteroatoms. The first-order valence-corrected chi connectivity index (χ1v) is 28.6. The Hall–Kier alpha value is -9.57. The fourth-order valence-electron chi connectivity index (χ4n) is 13.5. The molecule has 0 aromatic carbocycles. The molecule has 0 saturated heterocycles. The van der Waals surface area contributed by atoms with Crippen LogP contribution in [0, 0.1) is 53.4 Å². The molecule has 90 heavy (non-hydrogen) atoms. The Kier molecular flexibility index (Phi) is 18.7. The average Bonchev–Trinajstić information content (AvgIpc) is 1.54. The number of allylic oxidation sites excluding steroid dienone is 8. The topological polar surface area (TPSA) is 242 Å². The Labute approximate surface area is 532 Å². The highest BCUT2D eigenvalue weighted by atomic mass is 16.5. The van der Waals surface area contributed by atoms with Crippen molar-refractivity contribution in [3.63, 3.8) is 0 Å². The number of hydrogen-bond acceptors (Lipinski definition) is 10. The summed E-state index contributed by atoms with van der Waals surface area (Å²) in [5, 5.41) is 20.3. The predicted molar refractivity (Wildman–Crippen MR) is 369 cm³/mol. The van der Waals surface area contributed by atoms with E-state index in [0.29, 0.717) is 23.5 Å². The van der Waals surface area contributed by atoms with Crippen molar-refractivity contribution < 1.29 is 41.7 Å². The minimum atomic E-state index is -1.18. The molecule has 4 aliphatic heterocycles. The molecule has 5 unspecified atom stereocenters. The van der Waals surface area contributed by atoms with Crippen LogP contribution in [0.3, 0.4) is 0 Å². The van der Waals surface area contributed by atoms with Gasteiger partial charge in [-0.2, -0.15) is 0 Å². The molecular formula is C72H82B2N8O8. The van der Waals surface area contributed by atoms with E-state index in [1.165, 1.54) is 20.3 Å². The summed E-state index contributed by atoms with van der Waals surface area (Å²) in [7, 11) is 2.57. The van der Waals surface area contributed by atoms with Gasteiger partial charge in [-0.25, -0.2) is 19.6 Å². The summed E-state index contributed by atoms with van der Waals surface area (Å²) in [5.41, 5.74) is 24.4. The second kappa shape index (κ2) is 24.8. The van der Waals surface area contributed by atoms with Crippen molar-refractivity contribution in [2.75, 3.05) is 14.2 Å². The van der Waals surface area contributed by atoms with Crippen LogP contribution in [0.5, 0.6) is 0 Å². The number of esters is 2. The second-order valence-corrected chi connectivity index (χ2v) is 23.7. The monoisotopic (exact) mass is 1210 g/mol. The van der Waals surface area contributed by atoms with Crippen LogP contribution in [0.4, 0.5) is 0 Å². The van der Waals surface area contributed by atoms with E-state index >= 15 is 0 Å². The Morgan fingerprint density at radius 3 is 1.33 bits per heavy atom. The lowest BCUT2D eigenvalue weighted by atomic mass is 9.60. The van der Waals surface area contributed by atoms with E-state index in [1.807, 2.05) is 71.0 Å². The highest BCUT2D eigenvalue weighted by Gasteiger charge is 2.57. The number of nitrogens with one attached hydrogen (secondary N) is 4. The van der Waals surface area contributed by atoms with Crippen molar-refractivity contribution in [1.82, 2.24) is 39.9 Å². The lowest BCUT2D eigenvalue weighted by Gasteiger charge is -2.40. The molecule has 6 aromatic rings. The van der Waals surface area contributed by atoms with Gasteiger partial charge in [-0.05, 0) is 192 Å². The zero-order valence-corrected chi connectivity index (χ0v) is 52.1. The number of methoxy groups -OCH3 is 2. The normalized spacial score (nSPS) is 19.5. The summed E-state index contributed by atoms with van der Waals surface area (Å²) in [6.45, 7) is 32.6. The van der Waals surface area contributed by atoms with Gasteiger partial charge in [0.2, 0.25) is 0 Å². The van der Waals surface area contributed by atoms with E-state index in [0.717, 1.165) is 145 Å². The number of aliphatic carboxylic acids is 2. The number of rotatable bonds is 6. The van der Waals surface area contributed by atoms with Gasteiger partial charge in [0.15, 0.2) is 0 Å². The maximum absolute atomic E-state index is 13.4. The van der Waals surface area contributed by atoms with Gasteiger partial charge in [0.05, 0.1) is 65.1 Å². The molecule has 0 fully saturated rings. The Bertz CT molecular complexity index is 4650. The van der Waals surface area contributed by atoms with Gasteiger partial charge in [0.25, 0.3) is 0 Å². The maximum Gasteiger partial charge on any atom is 0.332 e. The number of carboxylic acids is 2. The highest BCUT2D eigenvalue weighted by molar-refractivity contribution is 6.02. The number of carbonyl (C=O) groups is 4. The van der Waals surface area contributed by atoms with E-state index in [2.05, 4.69) is 99.8 Å². The molecule has 0 amide bonds. The number of nitrogens with zero attached hydrogens (tertiary/aromatic N) is 4. The quantitative estimate of drug-likeness (QED) is 0.0674. The third kappa shape index (κ3) is 10.4. The molecule has 0 spiro atoms. The first-order valence-electron chi connectivity index (χ1n) is 28.6. The van der Waals surface area contributed by atoms with Crippen LogP contribution in [0.25, 0.3) is 84.2 Å². The molecule has 5 atom stereocenters. The van der Waals surface area contributed by atoms with E-state index in [4.69, 9.17) is 29.4 Å². The molecule has 6 aromatic heterocycles. The minimum absolute atomic E-state index is 0. The number of aromatic amines is 4. The van der Waals surface area contributed by atoms with Crippen molar-refractivity contribution in [3.05, 3.63) is 181 Å². The summed E-state index contributed by atoms with van der Waals surface area (Å²) in [6.07, 6.45) is 8.97. The first-order chi connectivity index (χ1) is 40.8. The van der Waals surface area contributed by atoms with Crippen LogP contribution in [0.2, 0.25) is 0 Å². The molecule has 12 rings (SSSR count). The number of fused-ring (bicyclic) bond motifs is 22. The number of hydrogen-bond donors (Lipinski definition) is 6. The SMILES string of the molecule is C.C.C=Cc1c(C)c2cc3nc(cc4[nH]c(cc5nc(cc1[nH]2)C(C)=C5C)c(C)c4C)C1(C)C(C(=O)OC)C(C(=O)O)=CCC31.C=Cc1c(C)c2cc3nc(cc4[nH]c(cc5nc(cc1[nH]2)C1(C)C5=CC=C(C(=O)O)C1C(=O)OC)c(C)c4C)C(C)=C3C.[2HH].[2HH].[B].[B]. The van der Waals surface area contributed by atoms with Gasteiger partial charge in [-0.15, -0.1) is 0 Å². The molecule has 16 bridgehead atoms. The van der Waals surface area contributed by atoms with Crippen molar-refractivity contribution in [2.45, 2.75) is 121 Å². The number of carbonyl (C=O) groups excluding carboxylic acids is 2. The Morgan fingerprint density at radius 1 is 0.511 bits per heavy atom. The molecule has 2 aliphatic carbocycles. The van der Waals surface area contributed by atoms with E-state index in [1.54, 1.807) is 18.2 Å². The number of ether oxygens (including phenoxy) is 2. The number of aromatic nitrogens is 8. The van der Waals surface area contributed by atoms with Crippen LogP contribution in [-0.2, 0) is 39.5 Å². The summed E-state index contributed by atoms with van der Waals surface area (Å²) in [6, 6.07) is 16.1. The van der Waals surface area contributed by atoms with Gasteiger partial charge in [0.1, 0.15) is 11.8 Å². The molecule has 16 nitrogen and oxygen atoms in total. The fraction of sp³-hybridized carbons (Fsp3) is 0.306. The van der Waals surface area contributed by atoms with Gasteiger partial charge < -0.3 is 39.6 Å². The largest absolute Gasteiger partial charge is 0.478 e. The van der Waals surface area contributed by atoms with Crippen LogP contribution >= 0.6 is 0 Å². The van der Waals surface area contributed by atoms with Crippen molar-refractivity contribution in [2.24, 2.45) is 11.8 Å². The first kappa shape index (κ1) is 67.9. The van der Waals surface area contributed by atoms with Crippen LogP contribution in [0.15, 0.2) is 91.1 Å². The summed E-state index contributed by atoms with van der Waals surface area (Å²) in [4.78, 5) is 86.0. The van der Waals surface area contributed by atoms with E-state index in [9.17, 15) is 29.4 Å². The smallest absolute Gasteiger partial charge is 0.332 e. The zero-order chi connectivity index (χ0) is 61.9. The molecule has 0 saturated carbocycles. The summed E-state index contributed by atoms with van der Waals surface area (Å²) >= 11 is 0. The van der Waals surface area contributed by atoms with E-state index < -0.39 is 46.5 Å². The van der Waals surface area contributed by atoms with Gasteiger partial charge in [-0.1, -0.05) is 65.3 Å².